The van der Waals surface area contributed by atoms with Gasteiger partial charge in [0.2, 0.25) is 0 Å². The normalized spacial score (nSPS) is 39.1. The van der Waals surface area contributed by atoms with Gasteiger partial charge in [-0.25, -0.2) is 0 Å². The fourth-order valence-corrected chi connectivity index (χ4v) is 1.86. The summed E-state index contributed by atoms with van der Waals surface area (Å²) in [5.74, 6) is 0. The summed E-state index contributed by atoms with van der Waals surface area (Å²) < 4.78 is 23.6. The summed E-state index contributed by atoms with van der Waals surface area (Å²) in [6.45, 7) is 2.29. The van der Waals surface area contributed by atoms with E-state index in [4.69, 9.17) is 4.11 Å². The molecule has 1 aromatic carbocycles. The maximum Gasteiger partial charge on any atom is 0.0478 e. The standard InChI is InChI=1S/C13H20N2/c1-10(12-6-4-3-5-7-12)15-13-8-9-14-11(13)2/h3-7,10-11,13-15H,8-9H2,1-2H3/t10-,11+,13-/m1/s1/i9D2,11D. The molecule has 2 rings (SSSR count). The molecule has 1 heterocycles. The number of benzene rings is 1. The number of nitrogens with one attached hydrogen (secondary N) is 2. The van der Waals surface area contributed by atoms with Crippen molar-refractivity contribution in [2.45, 2.75) is 38.4 Å². The van der Waals surface area contributed by atoms with Crippen molar-refractivity contribution in [1.29, 1.82) is 0 Å². The highest BCUT2D eigenvalue weighted by Gasteiger charge is 2.23. The number of hydrogen-bond donors (Lipinski definition) is 2. The van der Waals surface area contributed by atoms with Crippen LogP contribution in [0.3, 0.4) is 0 Å². The second-order valence-corrected chi connectivity index (χ2v) is 4.04. The van der Waals surface area contributed by atoms with Crippen LogP contribution in [0.1, 0.15) is 36.0 Å². The first-order valence-electron chi connectivity index (χ1n) is 6.90. The van der Waals surface area contributed by atoms with E-state index in [9.17, 15) is 0 Å². The van der Waals surface area contributed by atoms with Crippen molar-refractivity contribution in [2.75, 3.05) is 6.50 Å². The van der Waals surface area contributed by atoms with E-state index in [0.29, 0.717) is 6.42 Å². The number of hydrogen-bond acceptors (Lipinski definition) is 2. The van der Waals surface area contributed by atoms with Crippen molar-refractivity contribution < 1.29 is 4.11 Å². The lowest BCUT2D eigenvalue weighted by molar-refractivity contribution is 0.425. The molecule has 1 fully saturated rings. The first-order valence-corrected chi connectivity index (χ1v) is 5.40. The van der Waals surface area contributed by atoms with Crippen LogP contribution in [0.15, 0.2) is 30.3 Å². The molecule has 1 aliphatic heterocycles. The van der Waals surface area contributed by atoms with Gasteiger partial charge in [-0.1, -0.05) is 30.3 Å². The molecule has 15 heavy (non-hydrogen) atoms. The maximum absolute atomic E-state index is 8.14. The van der Waals surface area contributed by atoms with E-state index in [0.717, 1.165) is 5.56 Å². The van der Waals surface area contributed by atoms with Gasteiger partial charge in [0.1, 0.15) is 0 Å². The van der Waals surface area contributed by atoms with E-state index in [1.165, 1.54) is 0 Å². The smallest absolute Gasteiger partial charge is 0.0478 e. The Hall–Kier alpha value is -0.860. The van der Waals surface area contributed by atoms with E-state index in [1.54, 1.807) is 6.92 Å². The minimum absolute atomic E-state index is 0.108. The van der Waals surface area contributed by atoms with Gasteiger partial charge in [0.15, 0.2) is 0 Å². The van der Waals surface area contributed by atoms with Crippen LogP contribution < -0.4 is 10.6 Å². The van der Waals surface area contributed by atoms with Crippen LogP contribution in [0.5, 0.6) is 0 Å². The Kier molecular flexibility index (Phi) is 2.36. The molecule has 1 saturated heterocycles. The molecular weight excluding hydrogens is 184 g/mol. The largest absolute Gasteiger partial charge is 0.313 e. The molecule has 2 heteroatoms. The van der Waals surface area contributed by atoms with Crippen LogP contribution in [0.4, 0.5) is 0 Å². The van der Waals surface area contributed by atoms with Crippen LogP contribution in [0.25, 0.3) is 0 Å². The molecule has 2 nitrogen and oxygen atoms in total. The Labute approximate surface area is 96.3 Å². The lowest BCUT2D eigenvalue weighted by atomic mass is 10.1. The van der Waals surface area contributed by atoms with E-state index in [2.05, 4.69) is 10.6 Å². The number of rotatable bonds is 3. The van der Waals surface area contributed by atoms with Crippen molar-refractivity contribution in [2.24, 2.45) is 0 Å². The molecule has 0 radical (unpaired) electrons. The van der Waals surface area contributed by atoms with Crippen LogP contribution >= 0.6 is 0 Å². The summed E-state index contributed by atoms with van der Waals surface area (Å²) in [4.78, 5) is 0. The lowest BCUT2D eigenvalue weighted by Gasteiger charge is -2.22. The molecule has 0 aliphatic carbocycles. The Morgan fingerprint density at radius 1 is 1.53 bits per heavy atom. The van der Waals surface area contributed by atoms with E-state index in [-0.39, 0.29) is 12.1 Å². The van der Waals surface area contributed by atoms with Gasteiger partial charge in [-0.3, -0.25) is 0 Å². The minimum atomic E-state index is -1.47. The third kappa shape index (κ3) is 2.58. The van der Waals surface area contributed by atoms with E-state index >= 15 is 0 Å². The highest BCUT2D eigenvalue weighted by molar-refractivity contribution is 5.18. The van der Waals surface area contributed by atoms with Crippen molar-refractivity contribution in [3.05, 3.63) is 35.9 Å². The molecule has 82 valence electrons. The Bertz CT molecular complexity index is 406. The van der Waals surface area contributed by atoms with Gasteiger partial charge in [0, 0.05) is 22.2 Å². The first-order chi connectivity index (χ1) is 8.30. The SMILES string of the molecule is [2H]C1([2H])C[C@@H](N[C@H](C)c2ccccc2)[C@]([2H])(C)N1. The Balaban J connectivity index is 2.06. The second-order valence-electron chi connectivity index (χ2n) is 4.04. The van der Waals surface area contributed by atoms with Crippen molar-refractivity contribution in [1.82, 2.24) is 10.6 Å². The predicted octanol–water partition coefficient (Wildman–Crippen LogP) is 2.09. The predicted molar refractivity (Wildman–Crippen MR) is 63.9 cm³/mol. The lowest BCUT2D eigenvalue weighted by Crippen LogP contribution is -2.39. The van der Waals surface area contributed by atoms with Gasteiger partial charge in [-0.05, 0) is 32.3 Å². The fourth-order valence-electron chi connectivity index (χ4n) is 1.86. The zero-order valence-electron chi connectivity index (χ0n) is 12.2. The zero-order chi connectivity index (χ0) is 13.4. The highest BCUT2D eigenvalue weighted by Crippen LogP contribution is 2.15. The molecule has 1 aliphatic rings. The monoisotopic (exact) mass is 207 g/mol. The van der Waals surface area contributed by atoms with E-state index in [1.807, 2.05) is 37.3 Å². The van der Waals surface area contributed by atoms with Crippen LogP contribution in [0.2, 0.25) is 0 Å². The highest BCUT2D eigenvalue weighted by atomic mass is 15.1. The molecule has 0 unspecified atom stereocenters. The van der Waals surface area contributed by atoms with Crippen molar-refractivity contribution in [3.63, 3.8) is 0 Å². The van der Waals surface area contributed by atoms with Crippen LogP contribution in [-0.2, 0) is 0 Å². The fraction of sp³-hybridized carbons (Fsp3) is 0.538. The quantitative estimate of drug-likeness (QED) is 0.793. The Morgan fingerprint density at radius 3 is 2.87 bits per heavy atom. The van der Waals surface area contributed by atoms with Crippen LogP contribution in [0, 0.1) is 0 Å². The summed E-state index contributed by atoms with van der Waals surface area (Å²) in [7, 11) is 0. The van der Waals surface area contributed by atoms with Gasteiger partial charge in [-0.15, -0.1) is 0 Å². The van der Waals surface area contributed by atoms with Crippen molar-refractivity contribution >= 4 is 0 Å². The summed E-state index contributed by atoms with van der Waals surface area (Å²) in [5.41, 5.74) is 1.15. The molecule has 1 aromatic rings. The molecule has 2 N–H and O–H groups in total. The van der Waals surface area contributed by atoms with Gasteiger partial charge in [-0.2, -0.15) is 0 Å². The molecule has 0 saturated carbocycles. The third-order valence-electron chi connectivity index (χ3n) is 2.87. The topological polar surface area (TPSA) is 24.1 Å². The van der Waals surface area contributed by atoms with Gasteiger partial charge < -0.3 is 10.6 Å². The molecule has 0 aromatic heterocycles. The third-order valence-corrected chi connectivity index (χ3v) is 2.87. The molecule has 0 bridgehead atoms. The van der Waals surface area contributed by atoms with Gasteiger partial charge in [0.05, 0.1) is 0 Å². The van der Waals surface area contributed by atoms with Gasteiger partial charge in [0.25, 0.3) is 0 Å². The van der Waals surface area contributed by atoms with Crippen molar-refractivity contribution in [3.8, 4) is 0 Å². The van der Waals surface area contributed by atoms with Crippen LogP contribution in [-0.4, -0.2) is 18.6 Å². The Morgan fingerprint density at radius 2 is 2.27 bits per heavy atom. The average Bonchev–Trinajstić information content (AvgIpc) is 2.48. The molecular formula is C13H20N2. The molecule has 0 spiro atoms. The summed E-state index contributed by atoms with van der Waals surface area (Å²) >= 11 is 0. The summed E-state index contributed by atoms with van der Waals surface area (Å²) in [5, 5.41) is 6.06. The zero-order valence-corrected chi connectivity index (χ0v) is 9.25. The maximum atomic E-state index is 8.14. The first kappa shape index (κ1) is 7.42. The second kappa shape index (κ2) is 4.77. The summed E-state index contributed by atoms with van der Waals surface area (Å²) in [6, 6.07) is 8.94. The summed E-state index contributed by atoms with van der Waals surface area (Å²) in [6.07, 6.45) is 0.310. The van der Waals surface area contributed by atoms with Gasteiger partial charge >= 0.3 is 0 Å². The van der Waals surface area contributed by atoms with E-state index < -0.39 is 12.5 Å². The molecule has 3 atom stereocenters. The minimum Gasteiger partial charge on any atom is -0.313 e. The average molecular weight is 207 g/mol. The molecule has 0 amide bonds.